The highest BCUT2D eigenvalue weighted by molar-refractivity contribution is 8.29. The molecule has 0 N–H and O–H groups in total. The van der Waals surface area contributed by atoms with Gasteiger partial charge in [0.05, 0.1) is 5.75 Å². The van der Waals surface area contributed by atoms with Crippen LogP contribution in [0, 0.1) is 0 Å². The van der Waals surface area contributed by atoms with Crippen LogP contribution in [0.5, 0.6) is 5.75 Å². The minimum Gasteiger partial charge on any atom is -0.400 e. The van der Waals surface area contributed by atoms with Crippen molar-refractivity contribution in [3.05, 3.63) is 60.4 Å². The standard InChI is InChI=1S/C12H11NO2S2/c14-17(16,10-11-4-2-1-3-5-11)15-12-6-8-13-9-7-12/h1-9H,10H2. The smallest absolute Gasteiger partial charge is 0.189 e. The summed E-state index contributed by atoms with van der Waals surface area (Å²) in [6.45, 7) is 0. The van der Waals surface area contributed by atoms with Gasteiger partial charge in [-0.2, -0.15) is 0 Å². The number of aromatic nitrogens is 1. The van der Waals surface area contributed by atoms with E-state index in [9.17, 15) is 4.21 Å². The summed E-state index contributed by atoms with van der Waals surface area (Å²) >= 11 is 4.99. The van der Waals surface area contributed by atoms with E-state index in [-0.39, 0.29) is 5.75 Å². The Hall–Kier alpha value is -1.46. The molecule has 0 amide bonds. The highest BCUT2D eigenvalue weighted by atomic mass is 32.8. The maximum atomic E-state index is 12.1. The van der Waals surface area contributed by atoms with Crippen LogP contribution in [0.1, 0.15) is 5.56 Å². The second-order valence-electron chi connectivity index (χ2n) is 3.45. The fourth-order valence-corrected chi connectivity index (χ4v) is 3.06. The molecule has 0 spiro atoms. The fraction of sp³-hybridized carbons (Fsp3) is 0.0833. The van der Waals surface area contributed by atoms with Gasteiger partial charge in [0.25, 0.3) is 0 Å². The third-order valence-corrected chi connectivity index (χ3v) is 3.75. The van der Waals surface area contributed by atoms with Crippen LogP contribution in [0.3, 0.4) is 0 Å². The van der Waals surface area contributed by atoms with Gasteiger partial charge in [0.15, 0.2) is 8.77 Å². The van der Waals surface area contributed by atoms with Crippen molar-refractivity contribution in [3.8, 4) is 5.75 Å². The Morgan fingerprint density at radius 1 is 1.12 bits per heavy atom. The third-order valence-electron chi connectivity index (χ3n) is 2.06. The molecule has 88 valence electrons. The van der Waals surface area contributed by atoms with Gasteiger partial charge < -0.3 is 4.18 Å². The molecule has 1 aromatic heterocycles. The molecule has 3 nitrogen and oxygen atoms in total. The first-order valence-electron chi connectivity index (χ1n) is 5.02. The molecule has 0 saturated carbocycles. The number of rotatable bonds is 4. The molecule has 0 fully saturated rings. The van der Waals surface area contributed by atoms with Gasteiger partial charge in [0.2, 0.25) is 0 Å². The van der Waals surface area contributed by atoms with Gasteiger partial charge in [0.1, 0.15) is 5.75 Å². The molecule has 1 heterocycles. The molecule has 0 aliphatic heterocycles. The summed E-state index contributed by atoms with van der Waals surface area (Å²) in [6.07, 6.45) is 3.14. The Bertz CT molecular complexity index is 520. The second-order valence-corrected chi connectivity index (χ2v) is 6.55. The van der Waals surface area contributed by atoms with Crippen LogP contribution in [-0.4, -0.2) is 9.19 Å². The molecule has 0 saturated heterocycles. The number of pyridine rings is 1. The molecule has 1 unspecified atom stereocenters. The molecule has 17 heavy (non-hydrogen) atoms. The Kier molecular flexibility index (Phi) is 3.71. The second kappa shape index (κ2) is 5.25. The summed E-state index contributed by atoms with van der Waals surface area (Å²) in [7, 11) is -2.78. The van der Waals surface area contributed by atoms with Gasteiger partial charge in [-0.3, -0.25) is 4.98 Å². The molecular weight excluding hydrogens is 254 g/mol. The number of hydrogen-bond acceptors (Lipinski definition) is 4. The lowest BCUT2D eigenvalue weighted by Crippen LogP contribution is -2.10. The van der Waals surface area contributed by atoms with E-state index in [1.165, 1.54) is 0 Å². The summed E-state index contributed by atoms with van der Waals surface area (Å²) in [5.41, 5.74) is 0.904. The Morgan fingerprint density at radius 3 is 2.41 bits per heavy atom. The maximum absolute atomic E-state index is 12.1. The Balaban J connectivity index is 2.11. The monoisotopic (exact) mass is 265 g/mol. The van der Waals surface area contributed by atoms with Crippen molar-refractivity contribution in [1.29, 1.82) is 0 Å². The molecule has 5 heteroatoms. The van der Waals surface area contributed by atoms with E-state index in [0.29, 0.717) is 5.75 Å². The van der Waals surface area contributed by atoms with Crippen LogP contribution >= 0.6 is 0 Å². The minimum absolute atomic E-state index is 0.228. The van der Waals surface area contributed by atoms with E-state index in [4.69, 9.17) is 15.4 Å². The van der Waals surface area contributed by atoms with Crippen molar-refractivity contribution in [3.63, 3.8) is 0 Å². The zero-order chi connectivity index (χ0) is 12.1. The molecule has 0 aliphatic carbocycles. The van der Waals surface area contributed by atoms with Crippen LogP contribution in [0.25, 0.3) is 0 Å². The topological polar surface area (TPSA) is 39.2 Å². The van der Waals surface area contributed by atoms with Crippen molar-refractivity contribution in [2.45, 2.75) is 5.75 Å². The zero-order valence-electron chi connectivity index (χ0n) is 8.98. The molecule has 2 aromatic rings. The average Bonchev–Trinajstić information content (AvgIpc) is 2.30. The SMILES string of the molecule is O=S(=S)(Cc1ccccc1)Oc1ccncc1. The predicted octanol–water partition coefficient (Wildman–Crippen LogP) is 2.32. The Morgan fingerprint density at radius 2 is 1.76 bits per heavy atom. The summed E-state index contributed by atoms with van der Waals surface area (Å²) in [6, 6.07) is 12.7. The molecule has 0 bridgehead atoms. The third kappa shape index (κ3) is 3.80. The van der Waals surface area contributed by atoms with Gasteiger partial charge in [-0.05, 0) is 5.56 Å². The highest BCUT2D eigenvalue weighted by Gasteiger charge is 2.09. The van der Waals surface area contributed by atoms with Crippen molar-refractivity contribution >= 4 is 20.0 Å². The average molecular weight is 265 g/mol. The summed E-state index contributed by atoms with van der Waals surface area (Å²) in [4.78, 5) is 3.85. The van der Waals surface area contributed by atoms with Gasteiger partial charge in [-0.25, -0.2) is 4.21 Å². The van der Waals surface area contributed by atoms with Crippen molar-refractivity contribution in [1.82, 2.24) is 4.98 Å². The van der Waals surface area contributed by atoms with E-state index in [2.05, 4.69) is 4.98 Å². The summed E-state index contributed by atoms with van der Waals surface area (Å²) in [5, 5.41) is 0. The summed E-state index contributed by atoms with van der Waals surface area (Å²) < 4.78 is 17.4. The molecular formula is C12H11NO2S2. The van der Waals surface area contributed by atoms with E-state index >= 15 is 0 Å². The first-order chi connectivity index (χ1) is 8.16. The van der Waals surface area contributed by atoms with E-state index < -0.39 is 8.77 Å². The van der Waals surface area contributed by atoms with Crippen molar-refractivity contribution < 1.29 is 8.39 Å². The minimum atomic E-state index is -2.78. The van der Waals surface area contributed by atoms with Gasteiger partial charge in [0, 0.05) is 35.7 Å². The zero-order valence-corrected chi connectivity index (χ0v) is 10.6. The predicted molar refractivity (Wildman–Crippen MR) is 70.5 cm³/mol. The van der Waals surface area contributed by atoms with Crippen LogP contribution in [0.2, 0.25) is 0 Å². The van der Waals surface area contributed by atoms with Crippen LogP contribution in [0.4, 0.5) is 0 Å². The lowest BCUT2D eigenvalue weighted by atomic mass is 10.2. The summed E-state index contributed by atoms with van der Waals surface area (Å²) in [5.74, 6) is 0.710. The quantitative estimate of drug-likeness (QED) is 0.850. The molecule has 2 rings (SSSR count). The fourth-order valence-electron chi connectivity index (χ4n) is 1.35. The largest absolute Gasteiger partial charge is 0.400 e. The van der Waals surface area contributed by atoms with Gasteiger partial charge in [-0.1, -0.05) is 30.3 Å². The lowest BCUT2D eigenvalue weighted by Gasteiger charge is -2.09. The first kappa shape index (κ1) is 12.0. The molecule has 0 aliphatic rings. The van der Waals surface area contributed by atoms with Gasteiger partial charge >= 0.3 is 0 Å². The highest BCUT2D eigenvalue weighted by Crippen LogP contribution is 2.14. The normalized spacial score (nSPS) is 13.9. The lowest BCUT2D eigenvalue weighted by molar-refractivity contribution is 0.558. The van der Waals surface area contributed by atoms with Crippen molar-refractivity contribution in [2.24, 2.45) is 0 Å². The molecule has 0 radical (unpaired) electrons. The Labute approximate surface area is 105 Å². The number of nitrogens with zero attached hydrogens (tertiary/aromatic N) is 1. The first-order valence-corrected chi connectivity index (χ1v) is 7.59. The molecule has 1 atom stereocenters. The van der Waals surface area contributed by atoms with Gasteiger partial charge in [-0.15, -0.1) is 0 Å². The van der Waals surface area contributed by atoms with E-state index in [1.807, 2.05) is 30.3 Å². The van der Waals surface area contributed by atoms with E-state index in [0.717, 1.165) is 5.56 Å². The van der Waals surface area contributed by atoms with E-state index in [1.54, 1.807) is 24.5 Å². The van der Waals surface area contributed by atoms with Crippen LogP contribution in [-0.2, 0) is 25.7 Å². The van der Waals surface area contributed by atoms with Crippen molar-refractivity contribution in [2.75, 3.05) is 0 Å². The van der Waals surface area contributed by atoms with Crippen LogP contribution < -0.4 is 4.18 Å². The number of hydrogen-bond donors (Lipinski definition) is 0. The van der Waals surface area contributed by atoms with Crippen LogP contribution in [0.15, 0.2) is 54.9 Å². The number of benzene rings is 1. The molecule has 1 aromatic carbocycles. The maximum Gasteiger partial charge on any atom is 0.189 e.